The predicted octanol–water partition coefficient (Wildman–Crippen LogP) is 9.81. The van der Waals surface area contributed by atoms with Gasteiger partial charge in [-0.25, -0.2) is 0 Å². The fraction of sp³-hybridized carbons (Fsp3) is 0.114. The Kier molecular flexibility index (Phi) is 4.47. The van der Waals surface area contributed by atoms with E-state index in [9.17, 15) is 0 Å². The molecule has 0 N–H and O–H groups in total. The number of rotatable bonds is 1. The first kappa shape index (κ1) is 21.1. The van der Waals surface area contributed by atoms with Crippen molar-refractivity contribution in [2.24, 2.45) is 0 Å². The van der Waals surface area contributed by atoms with Gasteiger partial charge in [0.1, 0.15) is 0 Å². The molecule has 1 heterocycles. The van der Waals surface area contributed by atoms with Gasteiger partial charge in [0.2, 0.25) is 0 Å². The summed E-state index contributed by atoms with van der Waals surface area (Å²) in [7, 11) is 0. The second-order valence-corrected chi connectivity index (χ2v) is 10.9. The first-order valence-corrected chi connectivity index (χ1v) is 12.6. The van der Waals surface area contributed by atoms with Crippen molar-refractivity contribution in [1.29, 1.82) is 0 Å². The second-order valence-electron chi connectivity index (χ2n) is 10.9. The van der Waals surface area contributed by atoms with E-state index in [-0.39, 0.29) is 5.41 Å². The lowest BCUT2D eigenvalue weighted by molar-refractivity contribution is 0.591. The van der Waals surface area contributed by atoms with Crippen LogP contribution in [0.25, 0.3) is 65.1 Å². The zero-order valence-electron chi connectivity index (χ0n) is 20.8. The number of aromatic nitrogens is 1. The molecule has 0 aliphatic heterocycles. The Bertz CT molecular complexity index is 1970. The third-order valence-electron chi connectivity index (χ3n) is 7.64. The molecule has 0 fully saturated rings. The zero-order chi connectivity index (χ0) is 24.4. The van der Waals surface area contributed by atoms with Gasteiger partial charge in [0.05, 0.1) is 5.69 Å². The van der Waals surface area contributed by atoms with Crippen molar-refractivity contribution in [3.63, 3.8) is 0 Å². The van der Waals surface area contributed by atoms with Crippen LogP contribution in [0.15, 0.2) is 109 Å². The van der Waals surface area contributed by atoms with Crippen molar-refractivity contribution >= 4 is 53.9 Å². The van der Waals surface area contributed by atoms with Crippen molar-refractivity contribution in [2.45, 2.75) is 26.2 Å². The topological polar surface area (TPSA) is 12.9 Å². The summed E-state index contributed by atoms with van der Waals surface area (Å²) in [6.07, 6.45) is 1.95. The number of pyridine rings is 1. The maximum atomic E-state index is 4.85. The van der Waals surface area contributed by atoms with Crippen LogP contribution >= 0.6 is 0 Å². The average molecular weight is 462 g/mol. The number of benzene rings is 6. The van der Waals surface area contributed by atoms with Crippen LogP contribution in [-0.4, -0.2) is 4.98 Å². The number of hydrogen-bond acceptors (Lipinski definition) is 1. The molecule has 0 aliphatic carbocycles. The van der Waals surface area contributed by atoms with Crippen LogP contribution in [0, 0.1) is 0 Å². The fourth-order valence-corrected chi connectivity index (χ4v) is 5.67. The van der Waals surface area contributed by atoms with Crippen molar-refractivity contribution in [2.75, 3.05) is 0 Å². The standard InChI is InChI=1S/C35H27N/c1-35(2,3)26-12-15-29-24(21-26)9-8-23-20-25(11-13-28(23)29)34-33-17-16-30-27-7-5-4-6-22(27)10-14-31(30)32(33)18-19-36-34/h4-21H,1-3H3. The molecule has 0 spiro atoms. The van der Waals surface area contributed by atoms with E-state index in [4.69, 9.17) is 4.98 Å². The minimum absolute atomic E-state index is 0.142. The molecule has 0 saturated carbocycles. The molecule has 0 aliphatic rings. The average Bonchev–Trinajstić information content (AvgIpc) is 2.91. The summed E-state index contributed by atoms with van der Waals surface area (Å²) in [5.41, 5.74) is 3.70. The highest BCUT2D eigenvalue weighted by Crippen LogP contribution is 2.37. The van der Waals surface area contributed by atoms with Crippen molar-refractivity contribution in [3.8, 4) is 11.3 Å². The summed E-state index contributed by atoms with van der Waals surface area (Å²) in [6.45, 7) is 6.80. The highest BCUT2D eigenvalue weighted by atomic mass is 14.7. The predicted molar refractivity (Wildman–Crippen MR) is 156 cm³/mol. The van der Waals surface area contributed by atoms with Crippen LogP contribution in [0.5, 0.6) is 0 Å². The Morgan fingerprint density at radius 2 is 1.06 bits per heavy atom. The van der Waals surface area contributed by atoms with Crippen LogP contribution in [0.1, 0.15) is 26.3 Å². The van der Waals surface area contributed by atoms with Gasteiger partial charge in [-0.2, -0.15) is 0 Å². The summed E-state index contributed by atoms with van der Waals surface area (Å²) < 4.78 is 0. The fourth-order valence-electron chi connectivity index (χ4n) is 5.67. The Morgan fingerprint density at radius 1 is 0.472 bits per heavy atom. The normalized spacial score (nSPS) is 12.3. The maximum absolute atomic E-state index is 4.85. The summed E-state index contributed by atoms with van der Waals surface area (Å²) in [4.78, 5) is 4.85. The number of fused-ring (bicyclic) bond motifs is 8. The Hall–Kier alpha value is -4.23. The van der Waals surface area contributed by atoms with Crippen molar-refractivity contribution in [1.82, 2.24) is 4.98 Å². The van der Waals surface area contributed by atoms with E-state index in [1.165, 1.54) is 59.4 Å². The monoisotopic (exact) mass is 461 g/mol. The molecule has 6 aromatic carbocycles. The minimum atomic E-state index is 0.142. The second kappa shape index (κ2) is 7.63. The molecular formula is C35H27N. The Morgan fingerprint density at radius 3 is 1.89 bits per heavy atom. The minimum Gasteiger partial charge on any atom is -0.256 e. The van der Waals surface area contributed by atoms with Crippen LogP contribution in [0.2, 0.25) is 0 Å². The highest BCUT2D eigenvalue weighted by molar-refractivity contribution is 6.19. The van der Waals surface area contributed by atoms with E-state index in [0.29, 0.717) is 0 Å². The van der Waals surface area contributed by atoms with E-state index in [1.54, 1.807) is 0 Å². The summed E-state index contributed by atoms with van der Waals surface area (Å²) in [6, 6.07) is 37.9. The van der Waals surface area contributed by atoms with Crippen molar-refractivity contribution in [3.05, 3.63) is 115 Å². The lowest BCUT2D eigenvalue weighted by atomic mass is 9.85. The highest BCUT2D eigenvalue weighted by Gasteiger charge is 2.15. The van der Waals surface area contributed by atoms with E-state index >= 15 is 0 Å². The molecular weight excluding hydrogens is 434 g/mol. The van der Waals surface area contributed by atoms with Gasteiger partial charge in [0.15, 0.2) is 0 Å². The molecule has 0 unspecified atom stereocenters. The Balaban J connectivity index is 1.42. The van der Waals surface area contributed by atoms with Gasteiger partial charge in [-0.15, -0.1) is 0 Å². The van der Waals surface area contributed by atoms with E-state index < -0.39 is 0 Å². The SMILES string of the molecule is CC(C)(C)c1ccc2c(ccc3cc(-c4nccc5c4ccc4c6ccccc6ccc54)ccc32)c1. The molecule has 7 aromatic rings. The van der Waals surface area contributed by atoms with Gasteiger partial charge in [0.25, 0.3) is 0 Å². The van der Waals surface area contributed by atoms with Crippen molar-refractivity contribution < 1.29 is 0 Å². The molecule has 0 amide bonds. The van der Waals surface area contributed by atoms with Crippen LogP contribution < -0.4 is 0 Å². The summed E-state index contributed by atoms with van der Waals surface area (Å²) in [5.74, 6) is 0. The van der Waals surface area contributed by atoms with Gasteiger partial charge in [0, 0.05) is 17.1 Å². The maximum Gasteiger partial charge on any atom is 0.0780 e. The Labute approximate surface area is 211 Å². The zero-order valence-corrected chi connectivity index (χ0v) is 20.8. The first-order valence-electron chi connectivity index (χ1n) is 12.6. The quantitative estimate of drug-likeness (QED) is 0.222. The molecule has 0 atom stereocenters. The molecule has 172 valence electrons. The van der Waals surface area contributed by atoms with Gasteiger partial charge in [-0.1, -0.05) is 112 Å². The smallest absolute Gasteiger partial charge is 0.0780 e. The molecule has 1 heteroatoms. The molecule has 0 radical (unpaired) electrons. The molecule has 36 heavy (non-hydrogen) atoms. The van der Waals surface area contributed by atoms with Crippen LogP contribution in [-0.2, 0) is 5.41 Å². The molecule has 1 aromatic heterocycles. The van der Waals surface area contributed by atoms with Crippen LogP contribution in [0.4, 0.5) is 0 Å². The molecule has 0 bridgehead atoms. The largest absolute Gasteiger partial charge is 0.256 e. The first-order chi connectivity index (χ1) is 17.5. The molecule has 1 nitrogen and oxygen atoms in total. The lowest BCUT2D eigenvalue weighted by Crippen LogP contribution is -2.10. The van der Waals surface area contributed by atoms with Crippen LogP contribution in [0.3, 0.4) is 0 Å². The van der Waals surface area contributed by atoms with Gasteiger partial charge in [-0.3, -0.25) is 4.98 Å². The number of nitrogens with zero attached hydrogens (tertiary/aromatic N) is 1. The summed E-state index contributed by atoms with van der Waals surface area (Å²) >= 11 is 0. The number of hydrogen-bond donors (Lipinski definition) is 0. The van der Waals surface area contributed by atoms with Gasteiger partial charge in [-0.05, 0) is 71.6 Å². The lowest BCUT2D eigenvalue weighted by Gasteiger charge is -2.20. The van der Waals surface area contributed by atoms with E-state index in [0.717, 1.165) is 11.3 Å². The van der Waals surface area contributed by atoms with E-state index in [2.05, 4.69) is 124 Å². The molecule has 0 saturated heterocycles. The van der Waals surface area contributed by atoms with E-state index in [1.807, 2.05) is 6.20 Å². The summed E-state index contributed by atoms with van der Waals surface area (Å²) in [5, 5.41) is 12.7. The van der Waals surface area contributed by atoms with Gasteiger partial charge < -0.3 is 0 Å². The van der Waals surface area contributed by atoms with Gasteiger partial charge >= 0.3 is 0 Å². The third kappa shape index (κ3) is 3.20. The molecule has 7 rings (SSSR count). The third-order valence-corrected chi connectivity index (χ3v) is 7.64.